The molecule has 0 aliphatic rings. The van der Waals surface area contributed by atoms with Gasteiger partial charge in [0.05, 0.1) is 11.7 Å². The van der Waals surface area contributed by atoms with E-state index in [2.05, 4.69) is 10.1 Å². The third-order valence-corrected chi connectivity index (χ3v) is 1.89. The van der Waals surface area contributed by atoms with Crippen molar-refractivity contribution in [3.8, 4) is 0 Å². The van der Waals surface area contributed by atoms with Crippen molar-refractivity contribution >= 4 is 17.3 Å². The summed E-state index contributed by atoms with van der Waals surface area (Å²) in [6.45, 7) is 1.95. The van der Waals surface area contributed by atoms with E-state index in [0.29, 0.717) is 5.69 Å². The summed E-state index contributed by atoms with van der Waals surface area (Å²) in [5.74, 6) is 0. The van der Waals surface area contributed by atoms with E-state index in [9.17, 15) is 4.79 Å². The van der Waals surface area contributed by atoms with Gasteiger partial charge in [-0.25, -0.2) is 9.31 Å². The molecule has 0 saturated heterocycles. The van der Waals surface area contributed by atoms with Crippen molar-refractivity contribution in [3.05, 3.63) is 30.1 Å². The largest absolute Gasteiger partial charge is 0.240 e. The van der Waals surface area contributed by atoms with Crippen molar-refractivity contribution in [2.45, 2.75) is 6.92 Å². The number of hydrogen-bond acceptors (Lipinski definition) is 3. The molecule has 0 spiro atoms. The van der Waals surface area contributed by atoms with E-state index in [1.54, 1.807) is 10.7 Å². The van der Waals surface area contributed by atoms with E-state index in [0.717, 1.165) is 11.1 Å². The van der Waals surface area contributed by atoms with E-state index in [4.69, 9.17) is 0 Å². The van der Waals surface area contributed by atoms with Gasteiger partial charge in [0.15, 0.2) is 0 Å². The molecule has 64 valence electrons. The van der Waals surface area contributed by atoms with Gasteiger partial charge >= 0.3 is 0 Å². The Morgan fingerprint density at radius 1 is 1.62 bits per heavy atom. The van der Waals surface area contributed by atoms with Crippen LogP contribution in [0.5, 0.6) is 0 Å². The number of hydrogen-bond donors (Lipinski definition) is 0. The van der Waals surface area contributed by atoms with Gasteiger partial charge < -0.3 is 0 Å². The molecule has 0 fully saturated rings. The second kappa shape index (κ2) is 2.84. The molecule has 0 radical (unpaired) electrons. The lowest BCUT2D eigenvalue weighted by atomic mass is 10.2. The number of aromatic nitrogens is 2. The number of nitrogens with zero attached hydrogens (tertiary/aromatic N) is 3. The van der Waals surface area contributed by atoms with Crippen molar-refractivity contribution in [2.75, 3.05) is 0 Å². The third-order valence-electron chi connectivity index (χ3n) is 1.89. The van der Waals surface area contributed by atoms with Crippen LogP contribution >= 0.6 is 0 Å². The molecular formula is C9H7N3O. The molecule has 4 heteroatoms. The van der Waals surface area contributed by atoms with E-state index in [1.165, 1.54) is 6.08 Å². The monoisotopic (exact) mass is 173 g/mol. The summed E-state index contributed by atoms with van der Waals surface area (Å²) < 4.78 is 1.69. The molecule has 0 amide bonds. The predicted molar refractivity (Wildman–Crippen MR) is 47.7 cm³/mol. The lowest BCUT2D eigenvalue weighted by Crippen LogP contribution is -1.86. The second-order valence-electron chi connectivity index (χ2n) is 2.72. The molecule has 4 nitrogen and oxygen atoms in total. The normalized spacial score (nSPS) is 9.92. The van der Waals surface area contributed by atoms with Gasteiger partial charge in [-0.15, -0.1) is 0 Å². The Morgan fingerprint density at radius 3 is 3.23 bits per heavy atom. The molecule has 2 heterocycles. The Labute approximate surface area is 74.5 Å². The third kappa shape index (κ3) is 1.13. The lowest BCUT2D eigenvalue weighted by molar-refractivity contribution is 0.565. The van der Waals surface area contributed by atoms with Gasteiger partial charge in [-0.1, -0.05) is 6.07 Å². The summed E-state index contributed by atoms with van der Waals surface area (Å²) in [5, 5.41) is 4.04. The van der Waals surface area contributed by atoms with E-state index in [1.807, 2.05) is 25.3 Å². The Morgan fingerprint density at radius 2 is 2.46 bits per heavy atom. The first-order valence-corrected chi connectivity index (χ1v) is 3.84. The maximum atomic E-state index is 10.1. The Bertz CT molecular complexity index is 495. The van der Waals surface area contributed by atoms with Crippen LogP contribution in [-0.2, 0) is 4.79 Å². The molecule has 2 rings (SSSR count). The smallest absolute Gasteiger partial charge is 0.238 e. The van der Waals surface area contributed by atoms with Gasteiger partial charge in [-0.2, -0.15) is 10.1 Å². The van der Waals surface area contributed by atoms with Crippen molar-refractivity contribution in [3.63, 3.8) is 0 Å². The molecule has 2 aromatic heterocycles. The molecule has 2 aromatic rings. The number of rotatable bonds is 1. The molecule has 13 heavy (non-hydrogen) atoms. The zero-order chi connectivity index (χ0) is 9.26. The summed E-state index contributed by atoms with van der Waals surface area (Å²) >= 11 is 0. The standard InChI is InChI=1S/C9H7N3O/c1-7-3-2-4-12-9(7)8(5-11-12)10-6-13/h2-5H,1H3. The SMILES string of the molecule is Cc1cccn2ncc(N=C=O)c12. The van der Waals surface area contributed by atoms with Crippen LogP contribution < -0.4 is 0 Å². The first kappa shape index (κ1) is 7.71. The summed E-state index contributed by atoms with van der Waals surface area (Å²) in [7, 11) is 0. The van der Waals surface area contributed by atoms with Crippen LogP contribution in [0.25, 0.3) is 5.52 Å². The van der Waals surface area contributed by atoms with Crippen molar-refractivity contribution < 1.29 is 4.79 Å². The molecule has 0 aliphatic heterocycles. The minimum atomic E-state index is 0.563. The molecule has 0 unspecified atom stereocenters. The van der Waals surface area contributed by atoms with Crippen LogP contribution in [0.15, 0.2) is 29.5 Å². The number of aliphatic imine (C=N–C) groups is 1. The van der Waals surface area contributed by atoms with Gasteiger partial charge in [0.1, 0.15) is 5.69 Å². The number of fused-ring (bicyclic) bond motifs is 1. The average Bonchev–Trinajstić information content (AvgIpc) is 2.51. The van der Waals surface area contributed by atoms with E-state index in [-0.39, 0.29) is 0 Å². The fourth-order valence-corrected chi connectivity index (χ4v) is 1.33. The number of aryl methyl sites for hydroxylation is 1. The van der Waals surface area contributed by atoms with Crippen LogP contribution in [0.1, 0.15) is 5.56 Å². The quantitative estimate of drug-likeness (QED) is 0.485. The van der Waals surface area contributed by atoms with Gasteiger partial charge in [-0.05, 0) is 18.6 Å². The molecule has 0 atom stereocenters. The van der Waals surface area contributed by atoms with Gasteiger partial charge in [0.2, 0.25) is 6.08 Å². The van der Waals surface area contributed by atoms with E-state index >= 15 is 0 Å². The highest BCUT2D eigenvalue weighted by Crippen LogP contribution is 2.21. The molecule has 0 N–H and O–H groups in total. The second-order valence-corrected chi connectivity index (χ2v) is 2.72. The molecule has 0 saturated carbocycles. The Kier molecular flexibility index (Phi) is 1.69. The highest BCUT2D eigenvalue weighted by atomic mass is 16.1. The van der Waals surface area contributed by atoms with Crippen molar-refractivity contribution in [2.24, 2.45) is 4.99 Å². The maximum absolute atomic E-state index is 10.1. The first-order valence-electron chi connectivity index (χ1n) is 3.84. The van der Waals surface area contributed by atoms with Crippen molar-refractivity contribution in [1.82, 2.24) is 9.61 Å². The Hall–Kier alpha value is -1.93. The minimum Gasteiger partial charge on any atom is -0.238 e. The average molecular weight is 173 g/mol. The fraction of sp³-hybridized carbons (Fsp3) is 0.111. The predicted octanol–water partition coefficient (Wildman–Crippen LogP) is 1.61. The molecular weight excluding hydrogens is 166 g/mol. The van der Waals surface area contributed by atoms with Crippen LogP contribution in [0.2, 0.25) is 0 Å². The fourth-order valence-electron chi connectivity index (χ4n) is 1.33. The van der Waals surface area contributed by atoms with Crippen LogP contribution in [-0.4, -0.2) is 15.7 Å². The molecule has 0 aromatic carbocycles. The topological polar surface area (TPSA) is 46.7 Å². The first-order chi connectivity index (χ1) is 6.33. The van der Waals surface area contributed by atoms with Crippen LogP contribution in [0.4, 0.5) is 5.69 Å². The summed E-state index contributed by atoms with van der Waals surface area (Å²) in [6, 6.07) is 3.84. The maximum Gasteiger partial charge on any atom is 0.240 e. The van der Waals surface area contributed by atoms with Gasteiger partial charge in [0, 0.05) is 6.20 Å². The summed E-state index contributed by atoms with van der Waals surface area (Å²) in [6.07, 6.45) is 4.87. The Balaban J connectivity index is 2.85. The zero-order valence-corrected chi connectivity index (χ0v) is 7.06. The highest BCUT2D eigenvalue weighted by molar-refractivity contribution is 5.73. The summed E-state index contributed by atoms with van der Waals surface area (Å²) in [4.78, 5) is 13.7. The molecule has 0 aliphatic carbocycles. The number of isocyanates is 1. The van der Waals surface area contributed by atoms with Gasteiger partial charge in [-0.3, -0.25) is 0 Å². The highest BCUT2D eigenvalue weighted by Gasteiger charge is 2.03. The zero-order valence-electron chi connectivity index (χ0n) is 7.06. The van der Waals surface area contributed by atoms with Crippen LogP contribution in [0, 0.1) is 6.92 Å². The van der Waals surface area contributed by atoms with Crippen LogP contribution in [0.3, 0.4) is 0 Å². The number of carbonyl (C=O) groups excluding carboxylic acids is 1. The lowest BCUT2D eigenvalue weighted by Gasteiger charge is -1.96. The van der Waals surface area contributed by atoms with E-state index < -0.39 is 0 Å². The number of pyridine rings is 1. The minimum absolute atomic E-state index is 0.563. The summed E-state index contributed by atoms with van der Waals surface area (Å²) in [5.41, 5.74) is 2.45. The van der Waals surface area contributed by atoms with Gasteiger partial charge in [0.25, 0.3) is 0 Å². The molecule has 0 bridgehead atoms. The van der Waals surface area contributed by atoms with Crippen molar-refractivity contribution in [1.29, 1.82) is 0 Å².